The lowest BCUT2D eigenvalue weighted by Crippen LogP contribution is -2.35. The second-order valence-corrected chi connectivity index (χ2v) is 6.15. The lowest BCUT2D eigenvalue weighted by molar-refractivity contribution is 0.0734. The molecule has 0 spiro atoms. The van der Waals surface area contributed by atoms with E-state index in [1.807, 2.05) is 35.2 Å². The fourth-order valence-corrected chi connectivity index (χ4v) is 3.27. The molecule has 0 saturated heterocycles. The van der Waals surface area contributed by atoms with E-state index in [0.717, 1.165) is 28.3 Å². The number of aromatic nitrogens is 3. The summed E-state index contributed by atoms with van der Waals surface area (Å²) in [6, 6.07) is 9.59. The fourth-order valence-electron chi connectivity index (χ4n) is 2.98. The van der Waals surface area contributed by atoms with Crippen LogP contribution in [0.2, 0.25) is 5.02 Å². The molecule has 0 fully saturated rings. The molecule has 4 rings (SSSR count). The van der Waals surface area contributed by atoms with Crippen molar-refractivity contribution < 1.29 is 4.79 Å². The van der Waals surface area contributed by atoms with E-state index in [-0.39, 0.29) is 5.91 Å². The number of hydrogen-bond acceptors (Lipinski definition) is 3. The number of carbonyl (C=O) groups is 1. The topological polar surface area (TPSA) is 51.0 Å². The average Bonchev–Trinajstić information content (AvgIpc) is 3.12. The highest BCUT2D eigenvalue weighted by Crippen LogP contribution is 2.26. The van der Waals surface area contributed by atoms with E-state index >= 15 is 0 Å². The summed E-state index contributed by atoms with van der Waals surface area (Å²) < 4.78 is 1.66. The molecular weight excluding hydrogens is 324 g/mol. The van der Waals surface area contributed by atoms with Crippen molar-refractivity contribution in [3.05, 3.63) is 76.8 Å². The highest BCUT2D eigenvalue weighted by atomic mass is 35.5. The number of amides is 1. The van der Waals surface area contributed by atoms with Crippen molar-refractivity contribution in [1.29, 1.82) is 0 Å². The second-order valence-electron chi connectivity index (χ2n) is 5.74. The van der Waals surface area contributed by atoms with Gasteiger partial charge in [0, 0.05) is 30.5 Å². The van der Waals surface area contributed by atoms with E-state index in [1.54, 1.807) is 29.5 Å². The highest BCUT2D eigenvalue weighted by Gasteiger charge is 2.24. The van der Waals surface area contributed by atoms with Gasteiger partial charge in [0.2, 0.25) is 0 Å². The van der Waals surface area contributed by atoms with Gasteiger partial charge in [0.1, 0.15) is 0 Å². The summed E-state index contributed by atoms with van der Waals surface area (Å²) in [7, 11) is 0. The zero-order chi connectivity index (χ0) is 16.5. The minimum atomic E-state index is -0.0178. The monoisotopic (exact) mass is 338 g/mol. The van der Waals surface area contributed by atoms with Gasteiger partial charge in [-0.15, -0.1) is 0 Å². The molecule has 6 heteroatoms. The number of carbonyl (C=O) groups excluding carboxylic acids is 1. The third kappa shape index (κ3) is 2.67. The normalized spacial score (nSPS) is 13.6. The van der Waals surface area contributed by atoms with Crippen LogP contribution in [0.15, 0.2) is 55.1 Å². The first kappa shape index (κ1) is 14.9. The number of hydrogen-bond donors (Lipinski definition) is 0. The Balaban J connectivity index is 1.56. The lowest BCUT2D eigenvalue weighted by Gasteiger charge is -2.29. The molecule has 5 nitrogen and oxygen atoms in total. The number of fused-ring (bicyclic) bond motifs is 1. The Kier molecular flexibility index (Phi) is 3.78. The molecule has 3 aromatic rings. The van der Waals surface area contributed by atoms with Gasteiger partial charge in [0.15, 0.2) is 0 Å². The Morgan fingerprint density at radius 3 is 2.92 bits per heavy atom. The maximum absolute atomic E-state index is 12.8. The van der Waals surface area contributed by atoms with Gasteiger partial charge in [-0.1, -0.05) is 23.7 Å². The SMILES string of the molecule is O=C(c1cnn(-c2cccnc2)c1)N1CCc2c(Cl)cccc2C1. The first-order valence-electron chi connectivity index (χ1n) is 7.73. The summed E-state index contributed by atoms with van der Waals surface area (Å²) in [6.07, 6.45) is 7.53. The Hall–Kier alpha value is -2.66. The molecule has 0 unspecified atom stereocenters. The first-order chi connectivity index (χ1) is 11.7. The molecule has 1 aliphatic heterocycles. The number of nitrogens with zero attached hydrogens (tertiary/aromatic N) is 4. The number of rotatable bonds is 2. The van der Waals surface area contributed by atoms with Crippen LogP contribution in [-0.4, -0.2) is 32.1 Å². The minimum absolute atomic E-state index is 0.0178. The number of pyridine rings is 1. The Labute approximate surface area is 144 Å². The standard InChI is InChI=1S/C18H15ClN4O/c19-17-5-1-3-13-11-22(8-6-16(13)17)18(24)14-9-21-23(12-14)15-4-2-7-20-10-15/h1-5,7,9-10,12H,6,8,11H2. The van der Waals surface area contributed by atoms with Crippen molar-refractivity contribution in [1.82, 2.24) is 19.7 Å². The van der Waals surface area contributed by atoms with Crippen molar-refractivity contribution in [2.24, 2.45) is 0 Å². The minimum Gasteiger partial charge on any atom is -0.334 e. The van der Waals surface area contributed by atoms with Gasteiger partial charge in [0.05, 0.1) is 23.6 Å². The van der Waals surface area contributed by atoms with E-state index in [1.165, 1.54) is 0 Å². The summed E-state index contributed by atoms with van der Waals surface area (Å²) >= 11 is 6.23. The smallest absolute Gasteiger partial charge is 0.257 e. The van der Waals surface area contributed by atoms with Crippen LogP contribution in [0, 0.1) is 0 Å². The van der Waals surface area contributed by atoms with Crippen LogP contribution in [0.5, 0.6) is 0 Å². The van der Waals surface area contributed by atoms with Crippen LogP contribution in [-0.2, 0) is 13.0 Å². The van der Waals surface area contributed by atoms with Gasteiger partial charge >= 0.3 is 0 Å². The van der Waals surface area contributed by atoms with Crippen molar-refractivity contribution in [3.63, 3.8) is 0 Å². The molecule has 0 aliphatic carbocycles. The van der Waals surface area contributed by atoms with Crippen LogP contribution in [0.1, 0.15) is 21.5 Å². The summed E-state index contributed by atoms with van der Waals surface area (Å²) in [5, 5.41) is 5.05. The van der Waals surface area contributed by atoms with Crippen molar-refractivity contribution in [2.75, 3.05) is 6.54 Å². The Bertz CT molecular complexity index is 891. The molecule has 1 amide bonds. The van der Waals surface area contributed by atoms with Gasteiger partial charge in [0.25, 0.3) is 5.91 Å². The van der Waals surface area contributed by atoms with E-state index < -0.39 is 0 Å². The van der Waals surface area contributed by atoms with Gasteiger partial charge in [-0.05, 0) is 35.7 Å². The molecule has 2 aromatic heterocycles. The predicted octanol–water partition coefficient (Wildman–Crippen LogP) is 3.12. The van der Waals surface area contributed by atoms with Crippen LogP contribution in [0.25, 0.3) is 5.69 Å². The summed E-state index contributed by atoms with van der Waals surface area (Å²) in [4.78, 5) is 18.7. The third-order valence-corrected chi connectivity index (χ3v) is 4.59. The zero-order valence-electron chi connectivity index (χ0n) is 12.9. The van der Waals surface area contributed by atoms with Gasteiger partial charge in [-0.3, -0.25) is 9.78 Å². The molecule has 120 valence electrons. The molecule has 0 atom stereocenters. The number of benzene rings is 1. The van der Waals surface area contributed by atoms with Gasteiger partial charge in [-0.2, -0.15) is 5.10 Å². The Morgan fingerprint density at radius 1 is 1.17 bits per heavy atom. The summed E-state index contributed by atoms with van der Waals surface area (Å²) in [5.41, 5.74) is 3.66. The zero-order valence-corrected chi connectivity index (χ0v) is 13.6. The van der Waals surface area contributed by atoms with Crippen molar-refractivity contribution in [2.45, 2.75) is 13.0 Å². The maximum atomic E-state index is 12.8. The van der Waals surface area contributed by atoms with Gasteiger partial charge in [-0.25, -0.2) is 4.68 Å². The Morgan fingerprint density at radius 2 is 2.08 bits per heavy atom. The van der Waals surface area contributed by atoms with E-state index in [4.69, 9.17) is 11.6 Å². The van der Waals surface area contributed by atoms with Gasteiger partial charge < -0.3 is 4.90 Å². The fraction of sp³-hybridized carbons (Fsp3) is 0.167. The number of halogens is 1. The summed E-state index contributed by atoms with van der Waals surface area (Å²) in [6.45, 7) is 1.24. The van der Waals surface area contributed by atoms with Crippen LogP contribution >= 0.6 is 11.6 Å². The molecule has 1 aromatic carbocycles. The molecule has 0 saturated carbocycles. The van der Waals surface area contributed by atoms with Crippen molar-refractivity contribution >= 4 is 17.5 Å². The second kappa shape index (κ2) is 6.09. The maximum Gasteiger partial charge on any atom is 0.257 e. The molecular formula is C18H15ClN4O. The summed E-state index contributed by atoms with van der Waals surface area (Å²) in [5.74, 6) is -0.0178. The molecule has 0 N–H and O–H groups in total. The predicted molar refractivity (Wildman–Crippen MR) is 91.3 cm³/mol. The van der Waals surface area contributed by atoms with Crippen LogP contribution < -0.4 is 0 Å². The largest absolute Gasteiger partial charge is 0.334 e. The molecule has 1 aliphatic rings. The molecule has 0 bridgehead atoms. The van der Waals surface area contributed by atoms with Crippen LogP contribution in [0.4, 0.5) is 0 Å². The molecule has 3 heterocycles. The lowest BCUT2D eigenvalue weighted by atomic mass is 9.99. The van der Waals surface area contributed by atoms with E-state index in [0.29, 0.717) is 18.7 Å². The third-order valence-electron chi connectivity index (χ3n) is 4.24. The van der Waals surface area contributed by atoms with E-state index in [9.17, 15) is 4.79 Å². The van der Waals surface area contributed by atoms with Crippen LogP contribution in [0.3, 0.4) is 0 Å². The quantitative estimate of drug-likeness (QED) is 0.721. The average molecular weight is 339 g/mol. The first-order valence-corrected chi connectivity index (χ1v) is 8.11. The van der Waals surface area contributed by atoms with Crippen molar-refractivity contribution in [3.8, 4) is 5.69 Å². The molecule has 0 radical (unpaired) electrons. The molecule has 24 heavy (non-hydrogen) atoms. The highest BCUT2D eigenvalue weighted by molar-refractivity contribution is 6.31. The van der Waals surface area contributed by atoms with E-state index in [2.05, 4.69) is 10.1 Å².